The number of nitrogens with zero attached hydrogens (tertiary/aromatic N) is 3. The molecule has 4 aromatic rings. The van der Waals surface area contributed by atoms with Gasteiger partial charge in [-0.1, -0.05) is 41.9 Å². The van der Waals surface area contributed by atoms with Crippen molar-refractivity contribution in [3.05, 3.63) is 101 Å². The maximum atomic E-state index is 13.4. The van der Waals surface area contributed by atoms with Crippen LogP contribution < -0.4 is 0 Å². The molecule has 0 radical (unpaired) electrons. The van der Waals surface area contributed by atoms with E-state index in [4.69, 9.17) is 16.3 Å². The lowest BCUT2D eigenvalue weighted by atomic mass is 10.1. The van der Waals surface area contributed by atoms with E-state index in [1.54, 1.807) is 54.6 Å². The van der Waals surface area contributed by atoms with E-state index in [2.05, 4.69) is 10.1 Å². The molecule has 0 fully saturated rings. The molecule has 0 spiro atoms. The van der Waals surface area contributed by atoms with E-state index in [1.807, 2.05) is 0 Å². The number of ether oxygens (including phenoxy) is 1. The minimum absolute atomic E-state index is 0.227. The second-order valence-corrected chi connectivity index (χ2v) is 6.96. The fraction of sp³-hybridized carbons (Fsp3) is 0.0435. The summed E-state index contributed by atoms with van der Waals surface area (Å²) in [6.07, 6.45) is 0. The molecule has 0 atom stereocenters. The second kappa shape index (κ2) is 8.89. The van der Waals surface area contributed by atoms with Gasteiger partial charge in [-0.05, 0) is 48.5 Å². The molecule has 0 bridgehead atoms. The molecular weight excluding hydrogens is 421 g/mol. The zero-order valence-electron chi connectivity index (χ0n) is 16.0. The molecule has 0 unspecified atom stereocenters. The van der Waals surface area contributed by atoms with Crippen molar-refractivity contribution >= 4 is 23.4 Å². The van der Waals surface area contributed by atoms with Crippen molar-refractivity contribution in [3.63, 3.8) is 0 Å². The zero-order chi connectivity index (χ0) is 21.8. The molecule has 0 saturated heterocycles. The molecule has 4 rings (SSSR count). The van der Waals surface area contributed by atoms with Gasteiger partial charge in [0.25, 0.3) is 5.82 Å². The number of carbonyl (C=O) groups is 2. The molecule has 1 aromatic heterocycles. The number of Topliss-reactive ketones (excluding diaryl/α,β-unsaturated/α-hetero) is 1. The summed E-state index contributed by atoms with van der Waals surface area (Å²) in [6.45, 7) is -0.440. The van der Waals surface area contributed by atoms with Crippen molar-refractivity contribution in [2.24, 2.45) is 0 Å². The average Bonchev–Trinajstić information content (AvgIpc) is 3.24. The summed E-state index contributed by atoms with van der Waals surface area (Å²) in [5.41, 5.74) is 1.57. The number of esters is 1. The Labute approximate surface area is 181 Å². The van der Waals surface area contributed by atoms with Gasteiger partial charge in [-0.3, -0.25) is 4.79 Å². The summed E-state index contributed by atoms with van der Waals surface area (Å²) >= 11 is 5.96. The lowest BCUT2D eigenvalue weighted by Gasteiger charge is -2.06. The van der Waals surface area contributed by atoms with Crippen LogP contribution in [0.15, 0.2) is 78.9 Å². The fourth-order valence-corrected chi connectivity index (χ4v) is 2.98. The molecule has 0 aliphatic rings. The van der Waals surface area contributed by atoms with Crippen LogP contribution in [-0.2, 0) is 4.74 Å². The highest BCUT2D eigenvalue weighted by Gasteiger charge is 2.21. The number of halogens is 2. The molecule has 0 amide bonds. The van der Waals surface area contributed by atoms with E-state index >= 15 is 0 Å². The minimum Gasteiger partial charge on any atom is -0.451 e. The molecule has 1 heterocycles. The molecule has 0 N–H and O–H groups in total. The van der Waals surface area contributed by atoms with Crippen LogP contribution in [0, 0.1) is 5.82 Å². The normalized spacial score (nSPS) is 10.6. The van der Waals surface area contributed by atoms with Crippen LogP contribution in [0.3, 0.4) is 0 Å². The number of carbonyl (C=O) groups excluding carboxylic acids is 2. The van der Waals surface area contributed by atoms with Crippen molar-refractivity contribution in [1.29, 1.82) is 0 Å². The third-order valence-corrected chi connectivity index (χ3v) is 4.65. The Balaban J connectivity index is 1.62. The van der Waals surface area contributed by atoms with Crippen molar-refractivity contribution in [1.82, 2.24) is 14.8 Å². The van der Waals surface area contributed by atoms with Gasteiger partial charge in [0.2, 0.25) is 0 Å². The summed E-state index contributed by atoms with van der Waals surface area (Å²) in [4.78, 5) is 29.0. The van der Waals surface area contributed by atoms with Gasteiger partial charge in [-0.25, -0.2) is 18.9 Å². The summed E-state index contributed by atoms with van der Waals surface area (Å²) in [6, 6.07) is 20.9. The molecule has 154 valence electrons. The van der Waals surface area contributed by atoms with Crippen LogP contribution >= 0.6 is 11.6 Å². The average molecular weight is 436 g/mol. The Bertz CT molecular complexity index is 1160. The largest absolute Gasteiger partial charge is 0.451 e. The quantitative estimate of drug-likeness (QED) is 0.322. The number of hydrogen-bond donors (Lipinski definition) is 0. The molecule has 0 saturated carbocycles. The van der Waals surface area contributed by atoms with Gasteiger partial charge in [0.15, 0.2) is 18.2 Å². The summed E-state index contributed by atoms with van der Waals surface area (Å²) < 4.78 is 19.9. The molecule has 0 aliphatic heterocycles. The van der Waals surface area contributed by atoms with Crippen LogP contribution in [0.2, 0.25) is 5.02 Å². The first-order valence-electron chi connectivity index (χ1n) is 9.25. The summed E-state index contributed by atoms with van der Waals surface area (Å²) in [7, 11) is 0. The lowest BCUT2D eigenvalue weighted by molar-refractivity contribution is 0.0462. The van der Waals surface area contributed by atoms with Crippen molar-refractivity contribution in [2.45, 2.75) is 0 Å². The van der Waals surface area contributed by atoms with E-state index in [0.717, 1.165) is 0 Å². The smallest absolute Gasteiger partial charge is 0.378 e. The van der Waals surface area contributed by atoms with E-state index in [0.29, 0.717) is 27.7 Å². The van der Waals surface area contributed by atoms with E-state index in [-0.39, 0.29) is 11.6 Å². The topological polar surface area (TPSA) is 74.1 Å². The van der Waals surface area contributed by atoms with Gasteiger partial charge < -0.3 is 4.74 Å². The standard InChI is InChI=1S/C23H15ClFN3O3/c24-17-8-6-16(7-9-17)22-26-21(27-28(22)19-12-10-18(25)11-13-19)23(30)31-14-20(29)15-4-2-1-3-5-15/h1-13H,14H2. The van der Waals surface area contributed by atoms with Crippen LogP contribution in [0.5, 0.6) is 0 Å². The first-order chi connectivity index (χ1) is 15.0. The minimum atomic E-state index is -0.847. The molecule has 3 aromatic carbocycles. The van der Waals surface area contributed by atoms with Gasteiger partial charge in [0.05, 0.1) is 5.69 Å². The van der Waals surface area contributed by atoms with Gasteiger partial charge >= 0.3 is 5.97 Å². The zero-order valence-corrected chi connectivity index (χ0v) is 16.8. The third kappa shape index (κ3) is 4.67. The van der Waals surface area contributed by atoms with E-state index < -0.39 is 18.4 Å². The lowest BCUT2D eigenvalue weighted by Crippen LogP contribution is -2.15. The maximum absolute atomic E-state index is 13.4. The Morgan fingerprint density at radius 2 is 1.61 bits per heavy atom. The Morgan fingerprint density at radius 1 is 0.935 bits per heavy atom. The number of rotatable bonds is 6. The number of aromatic nitrogens is 3. The fourth-order valence-electron chi connectivity index (χ4n) is 2.85. The van der Waals surface area contributed by atoms with Gasteiger partial charge in [-0.15, -0.1) is 5.10 Å². The van der Waals surface area contributed by atoms with Crippen LogP contribution in [0.1, 0.15) is 21.0 Å². The Hall–Kier alpha value is -3.84. The highest BCUT2D eigenvalue weighted by atomic mass is 35.5. The first kappa shape index (κ1) is 20.4. The predicted molar refractivity (Wildman–Crippen MR) is 113 cm³/mol. The van der Waals surface area contributed by atoms with Crippen LogP contribution in [-0.4, -0.2) is 33.1 Å². The van der Waals surface area contributed by atoms with Gasteiger partial charge in [0.1, 0.15) is 5.82 Å². The van der Waals surface area contributed by atoms with Gasteiger partial charge in [-0.2, -0.15) is 0 Å². The van der Waals surface area contributed by atoms with E-state index in [1.165, 1.54) is 28.9 Å². The molecular formula is C23H15ClFN3O3. The van der Waals surface area contributed by atoms with Crippen molar-refractivity contribution in [3.8, 4) is 17.1 Å². The third-order valence-electron chi connectivity index (χ3n) is 4.39. The molecule has 31 heavy (non-hydrogen) atoms. The Morgan fingerprint density at radius 3 is 2.29 bits per heavy atom. The van der Waals surface area contributed by atoms with Crippen molar-refractivity contribution in [2.75, 3.05) is 6.61 Å². The first-order valence-corrected chi connectivity index (χ1v) is 9.63. The highest BCUT2D eigenvalue weighted by Crippen LogP contribution is 2.23. The van der Waals surface area contributed by atoms with Crippen molar-refractivity contribution < 1.29 is 18.7 Å². The molecule has 0 aliphatic carbocycles. The monoisotopic (exact) mass is 435 g/mol. The van der Waals surface area contributed by atoms with Gasteiger partial charge in [0, 0.05) is 16.1 Å². The number of benzene rings is 3. The van der Waals surface area contributed by atoms with E-state index in [9.17, 15) is 14.0 Å². The van der Waals surface area contributed by atoms with Crippen LogP contribution in [0.4, 0.5) is 4.39 Å². The SMILES string of the molecule is O=C(COC(=O)c1nc(-c2ccc(Cl)cc2)n(-c2ccc(F)cc2)n1)c1ccccc1. The summed E-state index contributed by atoms with van der Waals surface area (Å²) in [5, 5.41) is 4.76. The maximum Gasteiger partial charge on any atom is 0.378 e. The molecule has 6 nitrogen and oxygen atoms in total. The number of hydrogen-bond acceptors (Lipinski definition) is 5. The highest BCUT2D eigenvalue weighted by molar-refractivity contribution is 6.30. The van der Waals surface area contributed by atoms with Crippen LogP contribution in [0.25, 0.3) is 17.1 Å². The Kier molecular flexibility index (Phi) is 5.86. The second-order valence-electron chi connectivity index (χ2n) is 6.52. The summed E-state index contributed by atoms with van der Waals surface area (Å²) in [5.74, 6) is -1.49. The molecule has 8 heteroatoms. The predicted octanol–water partition coefficient (Wildman–Crippen LogP) is 4.77. The number of ketones is 1.